The van der Waals surface area contributed by atoms with E-state index < -0.39 is 16.8 Å². The highest BCUT2D eigenvalue weighted by Gasteiger charge is 2.14. The molecule has 32 heavy (non-hydrogen) atoms. The zero-order valence-electron chi connectivity index (χ0n) is 17.4. The molecule has 8 heteroatoms. The summed E-state index contributed by atoms with van der Waals surface area (Å²) in [6.07, 6.45) is -0.878. The zero-order chi connectivity index (χ0) is 23.1. The third-order valence-corrected chi connectivity index (χ3v) is 4.84. The first kappa shape index (κ1) is 22.9. The maximum absolute atomic E-state index is 13.9. The molecular formula is C24H22FN3O4. The van der Waals surface area contributed by atoms with Crippen molar-refractivity contribution in [1.82, 2.24) is 4.90 Å². The van der Waals surface area contributed by atoms with Crippen molar-refractivity contribution in [2.75, 3.05) is 20.2 Å². The van der Waals surface area contributed by atoms with Crippen molar-refractivity contribution in [2.45, 2.75) is 12.6 Å². The second-order valence-electron chi connectivity index (χ2n) is 7.39. The van der Waals surface area contributed by atoms with Crippen LogP contribution in [0.1, 0.15) is 11.1 Å². The van der Waals surface area contributed by atoms with Crippen molar-refractivity contribution < 1.29 is 19.2 Å². The Balaban J connectivity index is 1.52. The Morgan fingerprint density at radius 2 is 1.91 bits per heavy atom. The molecule has 3 rings (SSSR count). The van der Waals surface area contributed by atoms with E-state index in [9.17, 15) is 24.9 Å². The van der Waals surface area contributed by atoms with Gasteiger partial charge >= 0.3 is 0 Å². The molecule has 0 aromatic heterocycles. The highest BCUT2D eigenvalue weighted by Crippen LogP contribution is 2.24. The number of aliphatic hydroxyl groups is 1. The summed E-state index contributed by atoms with van der Waals surface area (Å²) >= 11 is 0. The van der Waals surface area contributed by atoms with E-state index in [-0.39, 0.29) is 24.6 Å². The molecule has 1 unspecified atom stereocenters. The highest BCUT2D eigenvalue weighted by atomic mass is 19.1. The van der Waals surface area contributed by atoms with Crippen LogP contribution in [0.15, 0.2) is 66.7 Å². The Kier molecular flexibility index (Phi) is 7.49. The van der Waals surface area contributed by atoms with Crippen LogP contribution in [0.2, 0.25) is 0 Å². The Hall–Kier alpha value is -3.80. The van der Waals surface area contributed by atoms with Crippen LogP contribution in [0.3, 0.4) is 0 Å². The van der Waals surface area contributed by atoms with Crippen LogP contribution < -0.4 is 4.74 Å². The van der Waals surface area contributed by atoms with E-state index in [1.807, 2.05) is 54.4 Å². The fourth-order valence-electron chi connectivity index (χ4n) is 3.32. The monoisotopic (exact) mass is 435 g/mol. The first-order valence-electron chi connectivity index (χ1n) is 9.89. The van der Waals surface area contributed by atoms with E-state index >= 15 is 0 Å². The Labute approximate surface area is 185 Å². The van der Waals surface area contributed by atoms with Crippen LogP contribution in [0, 0.1) is 27.3 Å². The maximum atomic E-state index is 13.9. The quantitative estimate of drug-likeness (QED) is 0.400. The number of nitro groups is 1. The van der Waals surface area contributed by atoms with Gasteiger partial charge in [-0.15, -0.1) is 0 Å². The van der Waals surface area contributed by atoms with Gasteiger partial charge in [-0.3, -0.25) is 15.0 Å². The van der Waals surface area contributed by atoms with Crippen LogP contribution in [-0.4, -0.2) is 41.2 Å². The molecule has 0 saturated carbocycles. The molecule has 1 N–H and O–H groups in total. The minimum absolute atomic E-state index is 0.148. The Morgan fingerprint density at radius 3 is 2.56 bits per heavy atom. The summed E-state index contributed by atoms with van der Waals surface area (Å²) in [5.74, 6) is -0.997. The molecule has 0 spiro atoms. The van der Waals surface area contributed by atoms with Crippen molar-refractivity contribution >= 4 is 5.69 Å². The minimum atomic E-state index is -0.878. The SMILES string of the molecule is CN(Cc1ccc(-c2ccccc2C#N)cc1)CC(O)COc1ccc([N+](=O)[O-])cc1F. The molecule has 1 atom stereocenters. The topological polar surface area (TPSA) is 99.6 Å². The number of aliphatic hydroxyl groups excluding tert-OH is 1. The smallest absolute Gasteiger partial charge is 0.272 e. The normalized spacial score (nSPS) is 11.7. The van der Waals surface area contributed by atoms with Gasteiger partial charge in [0, 0.05) is 19.2 Å². The molecule has 0 aliphatic carbocycles. The molecule has 0 radical (unpaired) electrons. The summed E-state index contributed by atoms with van der Waals surface area (Å²) in [6, 6.07) is 20.6. The fraction of sp³-hybridized carbons (Fsp3) is 0.208. The van der Waals surface area contributed by atoms with Gasteiger partial charge in [-0.1, -0.05) is 42.5 Å². The van der Waals surface area contributed by atoms with Gasteiger partial charge in [0.25, 0.3) is 5.69 Å². The number of nitrogens with zero attached hydrogens (tertiary/aromatic N) is 3. The molecule has 0 saturated heterocycles. The average Bonchev–Trinajstić information content (AvgIpc) is 2.78. The molecule has 164 valence electrons. The lowest BCUT2D eigenvalue weighted by Crippen LogP contribution is -2.32. The summed E-state index contributed by atoms with van der Waals surface area (Å²) in [5.41, 5.74) is 3.11. The molecule has 0 heterocycles. The first-order chi connectivity index (χ1) is 15.4. The number of hydrogen-bond acceptors (Lipinski definition) is 6. The van der Waals surface area contributed by atoms with E-state index in [1.165, 1.54) is 6.07 Å². The third-order valence-electron chi connectivity index (χ3n) is 4.84. The summed E-state index contributed by atoms with van der Waals surface area (Å²) in [6.45, 7) is 0.708. The van der Waals surface area contributed by atoms with Crippen LogP contribution in [0.5, 0.6) is 5.75 Å². The third kappa shape index (κ3) is 5.88. The van der Waals surface area contributed by atoms with Crippen molar-refractivity contribution in [2.24, 2.45) is 0 Å². The van der Waals surface area contributed by atoms with E-state index in [0.717, 1.165) is 28.8 Å². The number of likely N-dealkylation sites (N-methyl/N-ethyl adjacent to an activating group) is 1. The van der Waals surface area contributed by atoms with Gasteiger partial charge in [-0.25, -0.2) is 4.39 Å². The van der Waals surface area contributed by atoms with E-state index in [4.69, 9.17) is 4.74 Å². The molecule has 0 amide bonds. The number of non-ortho nitro benzene ring substituents is 1. The average molecular weight is 435 g/mol. The van der Waals surface area contributed by atoms with Gasteiger partial charge in [-0.05, 0) is 35.9 Å². The van der Waals surface area contributed by atoms with Crippen molar-refractivity contribution in [3.63, 3.8) is 0 Å². The van der Waals surface area contributed by atoms with Crippen LogP contribution in [0.25, 0.3) is 11.1 Å². The first-order valence-corrected chi connectivity index (χ1v) is 9.89. The van der Waals surface area contributed by atoms with Crippen LogP contribution >= 0.6 is 0 Å². The molecule has 3 aromatic rings. The number of nitro benzene ring substituents is 1. The largest absolute Gasteiger partial charge is 0.488 e. The number of benzene rings is 3. The Bertz CT molecular complexity index is 1130. The van der Waals surface area contributed by atoms with E-state index in [0.29, 0.717) is 12.1 Å². The van der Waals surface area contributed by atoms with Crippen LogP contribution in [-0.2, 0) is 6.54 Å². The molecule has 0 aliphatic heterocycles. The molecular weight excluding hydrogens is 413 g/mol. The molecule has 7 nitrogen and oxygen atoms in total. The molecule has 0 bridgehead atoms. The van der Waals surface area contributed by atoms with Gasteiger partial charge in [0.2, 0.25) is 0 Å². The van der Waals surface area contributed by atoms with Crippen LogP contribution in [0.4, 0.5) is 10.1 Å². The number of rotatable bonds is 9. The van der Waals surface area contributed by atoms with E-state index in [2.05, 4.69) is 6.07 Å². The standard InChI is InChI=1S/C24H22FN3O4/c1-27(15-21(29)16-32-24-11-10-20(28(30)31)12-23(24)25)14-17-6-8-18(9-7-17)22-5-3-2-4-19(22)13-26/h2-12,21,29H,14-16H2,1H3. The summed E-state index contributed by atoms with van der Waals surface area (Å²) in [5, 5.41) is 30.1. The van der Waals surface area contributed by atoms with Gasteiger partial charge in [0.05, 0.1) is 22.6 Å². The van der Waals surface area contributed by atoms with Gasteiger partial charge in [0.15, 0.2) is 11.6 Å². The molecule has 0 fully saturated rings. The molecule has 3 aromatic carbocycles. The highest BCUT2D eigenvalue weighted by molar-refractivity contribution is 5.70. The Morgan fingerprint density at radius 1 is 1.19 bits per heavy atom. The summed E-state index contributed by atoms with van der Waals surface area (Å²) in [4.78, 5) is 11.9. The number of hydrogen-bond donors (Lipinski definition) is 1. The second kappa shape index (κ2) is 10.5. The number of ether oxygens (including phenoxy) is 1. The predicted molar refractivity (Wildman–Crippen MR) is 117 cm³/mol. The maximum Gasteiger partial charge on any atom is 0.272 e. The van der Waals surface area contributed by atoms with Gasteiger partial charge in [-0.2, -0.15) is 5.26 Å². The second-order valence-corrected chi connectivity index (χ2v) is 7.39. The van der Waals surface area contributed by atoms with Crippen molar-refractivity contribution in [3.8, 4) is 22.9 Å². The zero-order valence-corrected chi connectivity index (χ0v) is 17.4. The fourth-order valence-corrected chi connectivity index (χ4v) is 3.32. The predicted octanol–water partition coefficient (Wildman–Crippen LogP) is 4.14. The molecule has 0 aliphatic rings. The minimum Gasteiger partial charge on any atom is -0.488 e. The van der Waals surface area contributed by atoms with Gasteiger partial charge < -0.3 is 9.84 Å². The van der Waals surface area contributed by atoms with E-state index in [1.54, 1.807) is 6.07 Å². The number of nitriles is 1. The summed E-state index contributed by atoms with van der Waals surface area (Å²) in [7, 11) is 1.84. The summed E-state index contributed by atoms with van der Waals surface area (Å²) < 4.78 is 19.1. The van der Waals surface area contributed by atoms with Crippen molar-refractivity contribution in [3.05, 3.63) is 93.8 Å². The number of halogens is 1. The lowest BCUT2D eigenvalue weighted by Gasteiger charge is -2.21. The van der Waals surface area contributed by atoms with Crippen molar-refractivity contribution in [1.29, 1.82) is 5.26 Å². The van der Waals surface area contributed by atoms with Gasteiger partial charge in [0.1, 0.15) is 12.7 Å². The lowest BCUT2D eigenvalue weighted by atomic mass is 9.99. The lowest BCUT2D eigenvalue weighted by molar-refractivity contribution is -0.385.